The topological polar surface area (TPSA) is 134 Å². The zero-order valence-electron chi connectivity index (χ0n) is 22.7. The average Bonchev–Trinajstić information content (AvgIpc) is 3.63. The molecule has 1 amide bonds. The molecule has 2 aliphatic rings. The number of likely N-dealkylation sites (N-methyl/N-ethyl adjacent to an activating group) is 1. The Hall–Kier alpha value is -4.33. The van der Waals surface area contributed by atoms with Crippen molar-refractivity contribution in [3.8, 4) is 17.2 Å². The third-order valence-electron chi connectivity index (χ3n) is 7.87. The number of carbonyl (C=O) groups is 3. The molecule has 3 aromatic carbocycles. The number of methoxy groups -OCH3 is 1. The second-order valence-electron chi connectivity index (χ2n) is 10.3. The number of ether oxygens (including phenoxy) is 1. The van der Waals surface area contributed by atoms with E-state index in [1.165, 1.54) is 31.4 Å². The van der Waals surface area contributed by atoms with Crippen LogP contribution in [0, 0.1) is 11.3 Å². The van der Waals surface area contributed by atoms with Crippen molar-refractivity contribution in [2.24, 2.45) is 0 Å². The second kappa shape index (κ2) is 11.3. The first-order chi connectivity index (χ1) is 19.6. The minimum atomic E-state index is -4.25. The Labute approximate surface area is 238 Å². The fourth-order valence-electron chi connectivity index (χ4n) is 5.65. The number of nitrogens with zero attached hydrogens (tertiary/aromatic N) is 2. The molecule has 41 heavy (non-hydrogen) atoms. The number of rotatable bonds is 8. The number of esters is 1. The van der Waals surface area contributed by atoms with Crippen LogP contribution in [0.3, 0.4) is 0 Å². The Morgan fingerprint density at radius 1 is 1.05 bits per heavy atom. The van der Waals surface area contributed by atoms with Gasteiger partial charge >= 0.3 is 5.97 Å². The smallest absolute Gasteiger partial charge is 0.338 e. The largest absolute Gasteiger partial charge is 0.465 e. The van der Waals surface area contributed by atoms with Crippen LogP contribution in [0.15, 0.2) is 65.6 Å². The molecule has 0 saturated heterocycles. The first-order valence-electron chi connectivity index (χ1n) is 13.3. The highest BCUT2D eigenvalue weighted by Crippen LogP contribution is 2.39. The van der Waals surface area contributed by atoms with E-state index in [9.17, 15) is 22.8 Å². The van der Waals surface area contributed by atoms with E-state index in [2.05, 4.69) is 4.72 Å². The van der Waals surface area contributed by atoms with Gasteiger partial charge in [0, 0.05) is 24.2 Å². The van der Waals surface area contributed by atoms with Crippen LogP contribution in [0.4, 0.5) is 0 Å². The normalized spacial score (nSPS) is 15.1. The molecule has 0 aliphatic heterocycles. The fraction of sp³-hybridized carbons (Fsp3) is 0.290. The molecule has 5 rings (SSSR count). The number of amides is 1. The van der Waals surface area contributed by atoms with Gasteiger partial charge in [-0.1, -0.05) is 43.2 Å². The maximum Gasteiger partial charge on any atom is 0.338 e. The molecule has 2 aliphatic carbocycles. The summed E-state index contributed by atoms with van der Waals surface area (Å²) in [5.41, 5.74) is 2.62. The van der Waals surface area contributed by atoms with Crippen LogP contribution in [0.2, 0.25) is 0 Å². The van der Waals surface area contributed by atoms with Crippen LogP contribution in [0.25, 0.3) is 11.1 Å². The van der Waals surface area contributed by atoms with Gasteiger partial charge in [0.15, 0.2) is 5.78 Å². The van der Waals surface area contributed by atoms with Crippen molar-refractivity contribution in [2.45, 2.75) is 49.1 Å². The summed E-state index contributed by atoms with van der Waals surface area (Å²) < 4.78 is 34.8. The number of carbonyl (C=O) groups excluding carboxylic acids is 3. The summed E-state index contributed by atoms with van der Waals surface area (Å²) >= 11 is 0. The van der Waals surface area contributed by atoms with E-state index >= 15 is 0 Å². The van der Waals surface area contributed by atoms with Gasteiger partial charge in [0.2, 0.25) is 15.9 Å². The number of nitrogens with one attached hydrogen (secondary N) is 1. The summed E-state index contributed by atoms with van der Waals surface area (Å²) in [7, 11) is -1.33. The van der Waals surface area contributed by atoms with E-state index in [1.54, 1.807) is 48.3 Å². The SMILES string of the molecule is COC(=O)c1cccc2c1C(=O)c1cc(S(=O)(=O)N[C@@H](Cc3ccc(C#N)cc3)C(=O)N(C)C3CCCC3)ccc1-2. The first-order valence-corrected chi connectivity index (χ1v) is 14.8. The minimum absolute atomic E-state index is 0.0376. The lowest BCUT2D eigenvalue weighted by Gasteiger charge is -2.29. The first kappa shape index (κ1) is 28.2. The molecule has 1 atom stereocenters. The molecular weight excluding hydrogens is 542 g/mol. The predicted molar refractivity (Wildman–Crippen MR) is 151 cm³/mol. The Bertz CT molecular complexity index is 1690. The van der Waals surface area contributed by atoms with Crippen molar-refractivity contribution in [3.05, 3.63) is 88.5 Å². The van der Waals surface area contributed by atoms with Gasteiger partial charge in [-0.15, -0.1) is 0 Å². The molecule has 0 unspecified atom stereocenters. The average molecular weight is 572 g/mol. The minimum Gasteiger partial charge on any atom is -0.465 e. The molecule has 210 valence electrons. The van der Waals surface area contributed by atoms with Crippen LogP contribution >= 0.6 is 0 Å². The predicted octanol–water partition coefficient (Wildman–Crippen LogP) is 3.85. The van der Waals surface area contributed by atoms with Crippen molar-refractivity contribution < 1.29 is 27.5 Å². The van der Waals surface area contributed by atoms with Gasteiger partial charge in [-0.25, -0.2) is 13.2 Å². The zero-order valence-corrected chi connectivity index (χ0v) is 23.5. The van der Waals surface area contributed by atoms with E-state index in [4.69, 9.17) is 10.00 Å². The van der Waals surface area contributed by atoms with Crippen molar-refractivity contribution in [1.82, 2.24) is 9.62 Å². The number of sulfonamides is 1. The van der Waals surface area contributed by atoms with Crippen LogP contribution in [0.5, 0.6) is 0 Å². The highest BCUT2D eigenvalue weighted by atomic mass is 32.2. The molecule has 0 radical (unpaired) electrons. The molecule has 0 heterocycles. The molecular formula is C31H29N3O6S. The van der Waals surface area contributed by atoms with Crippen LogP contribution in [0.1, 0.15) is 63.1 Å². The number of hydrogen-bond donors (Lipinski definition) is 1. The second-order valence-corrected chi connectivity index (χ2v) is 12.0. The van der Waals surface area contributed by atoms with Gasteiger partial charge in [-0.3, -0.25) is 9.59 Å². The maximum absolute atomic E-state index is 13.7. The monoisotopic (exact) mass is 571 g/mol. The lowest BCUT2D eigenvalue weighted by molar-refractivity contribution is -0.133. The van der Waals surface area contributed by atoms with Gasteiger partial charge in [0.1, 0.15) is 6.04 Å². The van der Waals surface area contributed by atoms with Gasteiger partial charge in [-0.05, 0) is 66.3 Å². The molecule has 0 spiro atoms. The van der Waals surface area contributed by atoms with Crippen molar-refractivity contribution in [2.75, 3.05) is 14.2 Å². The Morgan fingerprint density at radius 3 is 2.41 bits per heavy atom. The maximum atomic E-state index is 13.7. The third kappa shape index (κ3) is 5.38. The molecule has 0 aromatic heterocycles. The lowest BCUT2D eigenvalue weighted by Crippen LogP contribution is -2.50. The van der Waals surface area contributed by atoms with Gasteiger partial charge in [0.25, 0.3) is 0 Å². The summed E-state index contributed by atoms with van der Waals surface area (Å²) in [5.74, 6) is -1.48. The quantitative estimate of drug-likeness (QED) is 0.318. The number of benzene rings is 3. The number of nitriles is 1. The molecule has 9 nitrogen and oxygen atoms in total. The molecule has 3 aromatic rings. The molecule has 10 heteroatoms. The van der Waals surface area contributed by atoms with Gasteiger partial charge in [0.05, 0.1) is 29.2 Å². The highest BCUT2D eigenvalue weighted by Gasteiger charge is 2.35. The summed E-state index contributed by atoms with van der Waals surface area (Å²) in [6.07, 6.45) is 3.83. The molecule has 1 saturated carbocycles. The van der Waals surface area contributed by atoms with Crippen molar-refractivity contribution >= 4 is 27.7 Å². The number of ketones is 1. The van der Waals surface area contributed by atoms with E-state index < -0.39 is 27.8 Å². The number of hydrogen-bond acceptors (Lipinski definition) is 7. The molecule has 1 N–H and O–H groups in total. The Balaban J connectivity index is 1.46. The van der Waals surface area contributed by atoms with Crippen molar-refractivity contribution in [1.29, 1.82) is 5.26 Å². The van der Waals surface area contributed by atoms with E-state index in [0.717, 1.165) is 25.7 Å². The van der Waals surface area contributed by atoms with Crippen molar-refractivity contribution in [3.63, 3.8) is 0 Å². The Morgan fingerprint density at radius 2 is 1.76 bits per heavy atom. The third-order valence-corrected chi connectivity index (χ3v) is 9.34. The van der Waals surface area contributed by atoms with E-state index in [1.807, 2.05) is 6.07 Å². The number of fused-ring (bicyclic) bond motifs is 3. The summed E-state index contributed by atoms with van der Waals surface area (Å²) in [6, 6.07) is 16.7. The fourth-order valence-corrected chi connectivity index (χ4v) is 6.87. The summed E-state index contributed by atoms with van der Waals surface area (Å²) in [6.45, 7) is 0. The van der Waals surface area contributed by atoms with Gasteiger partial charge in [-0.2, -0.15) is 9.98 Å². The van der Waals surface area contributed by atoms with Crippen LogP contribution in [-0.4, -0.2) is 57.2 Å². The Kier molecular flexibility index (Phi) is 7.76. The van der Waals surface area contributed by atoms with E-state index in [0.29, 0.717) is 22.3 Å². The van der Waals surface area contributed by atoms with Crippen LogP contribution < -0.4 is 4.72 Å². The molecule has 0 bridgehead atoms. The van der Waals surface area contributed by atoms with E-state index in [-0.39, 0.29) is 40.0 Å². The highest BCUT2D eigenvalue weighted by molar-refractivity contribution is 7.89. The standard InChI is InChI=1S/C31H29N3O6S/c1-34(21-6-3-4-7-21)30(36)27(16-19-10-12-20(18-32)13-11-19)33-41(38,39)22-14-15-23-24-8-5-9-25(31(37)40-2)28(24)29(35)26(23)17-22/h5,8-15,17,21,27,33H,3-4,6-7,16H2,1-2H3/t27-/m0/s1. The summed E-state index contributed by atoms with van der Waals surface area (Å²) in [4.78, 5) is 40.7. The summed E-state index contributed by atoms with van der Waals surface area (Å²) in [5, 5.41) is 9.12. The van der Waals surface area contributed by atoms with Gasteiger partial charge < -0.3 is 9.64 Å². The lowest BCUT2D eigenvalue weighted by atomic mass is 10.0. The molecule has 1 fully saturated rings. The zero-order chi connectivity index (χ0) is 29.3. The van der Waals surface area contributed by atoms with Crippen LogP contribution in [-0.2, 0) is 26.0 Å².